The molecular weight excluding hydrogens is 428 g/mol. The van der Waals surface area contributed by atoms with Gasteiger partial charge >= 0.3 is 0 Å². The molecule has 2 N–H and O–H groups in total. The topological polar surface area (TPSA) is 82.6 Å². The molecule has 34 heavy (non-hydrogen) atoms. The van der Waals surface area contributed by atoms with Gasteiger partial charge in [0.25, 0.3) is 11.7 Å². The lowest BCUT2D eigenvalue weighted by molar-refractivity contribution is -0.132. The molecular formula is C28H24N2O4. The lowest BCUT2D eigenvalue weighted by atomic mass is 9.94. The molecule has 0 radical (unpaired) electrons. The molecule has 0 bridgehead atoms. The summed E-state index contributed by atoms with van der Waals surface area (Å²) in [6.07, 6.45) is 1.66. The number of fused-ring (bicyclic) bond motifs is 1. The molecule has 5 rings (SSSR count). The Morgan fingerprint density at radius 1 is 0.971 bits per heavy atom. The van der Waals surface area contributed by atoms with Crippen molar-refractivity contribution < 1.29 is 19.4 Å². The molecule has 6 heteroatoms. The SMILES string of the molecule is COc1ccc(C2/C(=C(/O)c3c[nH]c4ccccc34)C(=O)C(=O)N2c2cccc(C)c2C)cc1. The Bertz CT molecular complexity index is 1460. The van der Waals surface area contributed by atoms with Crippen LogP contribution in [0.4, 0.5) is 5.69 Å². The maximum absolute atomic E-state index is 13.4. The number of aromatic nitrogens is 1. The summed E-state index contributed by atoms with van der Waals surface area (Å²) < 4.78 is 5.29. The molecule has 1 saturated heterocycles. The molecule has 0 spiro atoms. The average Bonchev–Trinajstić information content (AvgIpc) is 3.40. The molecule has 1 amide bonds. The summed E-state index contributed by atoms with van der Waals surface area (Å²) in [6, 6.07) is 19.6. The summed E-state index contributed by atoms with van der Waals surface area (Å²) in [5.74, 6) is -0.936. The summed E-state index contributed by atoms with van der Waals surface area (Å²) in [6.45, 7) is 3.89. The number of amides is 1. The highest BCUT2D eigenvalue weighted by atomic mass is 16.5. The third-order valence-electron chi connectivity index (χ3n) is 6.56. The van der Waals surface area contributed by atoms with Crippen molar-refractivity contribution in [2.24, 2.45) is 0 Å². The molecule has 4 aromatic rings. The van der Waals surface area contributed by atoms with E-state index in [1.807, 2.05) is 68.4 Å². The number of aliphatic hydroxyl groups is 1. The van der Waals surface area contributed by atoms with Gasteiger partial charge in [0.2, 0.25) is 0 Å². The van der Waals surface area contributed by atoms with Gasteiger partial charge < -0.3 is 14.8 Å². The minimum atomic E-state index is -0.792. The largest absolute Gasteiger partial charge is 0.507 e. The molecule has 3 aromatic carbocycles. The van der Waals surface area contributed by atoms with Crippen LogP contribution in [0.1, 0.15) is 28.3 Å². The van der Waals surface area contributed by atoms with E-state index in [9.17, 15) is 14.7 Å². The second-order valence-corrected chi connectivity index (χ2v) is 8.41. The van der Waals surface area contributed by atoms with Crippen molar-refractivity contribution in [2.45, 2.75) is 19.9 Å². The quantitative estimate of drug-likeness (QED) is 0.246. The third-order valence-corrected chi connectivity index (χ3v) is 6.56. The Hall–Kier alpha value is -4.32. The molecule has 0 saturated carbocycles. The average molecular weight is 453 g/mol. The highest BCUT2D eigenvalue weighted by molar-refractivity contribution is 6.52. The first-order valence-corrected chi connectivity index (χ1v) is 11.0. The second kappa shape index (κ2) is 8.23. The number of ketones is 1. The van der Waals surface area contributed by atoms with E-state index in [2.05, 4.69) is 4.98 Å². The minimum Gasteiger partial charge on any atom is -0.507 e. The molecule has 1 aliphatic rings. The predicted octanol–water partition coefficient (Wildman–Crippen LogP) is 5.42. The Labute approximate surface area is 197 Å². The number of nitrogens with one attached hydrogen (secondary N) is 1. The van der Waals surface area contributed by atoms with E-state index >= 15 is 0 Å². The highest BCUT2D eigenvalue weighted by Gasteiger charge is 2.47. The predicted molar refractivity (Wildman–Crippen MR) is 132 cm³/mol. The fourth-order valence-electron chi connectivity index (χ4n) is 4.59. The third kappa shape index (κ3) is 3.27. The van der Waals surface area contributed by atoms with Gasteiger partial charge in [-0.05, 0) is 54.8 Å². The first kappa shape index (κ1) is 21.5. The number of ether oxygens (including phenoxy) is 1. The Balaban J connectivity index is 1.77. The summed E-state index contributed by atoms with van der Waals surface area (Å²) in [4.78, 5) is 31.5. The Kier molecular flexibility index (Phi) is 5.21. The molecule has 6 nitrogen and oxygen atoms in total. The van der Waals surface area contributed by atoms with Gasteiger partial charge in [-0.25, -0.2) is 0 Å². The number of aryl methyl sites for hydroxylation is 1. The summed E-state index contributed by atoms with van der Waals surface area (Å²) >= 11 is 0. The van der Waals surface area contributed by atoms with E-state index in [1.165, 1.54) is 4.90 Å². The molecule has 170 valence electrons. The van der Waals surface area contributed by atoms with Crippen LogP contribution in [-0.4, -0.2) is 28.9 Å². The minimum absolute atomic E-state index is 0.0563. The lowest BCUT2D eigenvalue weighted by Gasteiger charge is -2.27. The van der Waals surface area contributed by atoms with Crippen molar-refractivity contribution in [3.63, 3.8) is 0 Å². The van der Waals surface area contributed by atoms with Crippen LogP contribution >= 0.6 is 0 Å². The highest BCUT2D eigenvalue weighted by Crippen LogP contribution is 2.44. The first-order valence-electron chi connectivity index (χ1n) is 11.0. The number of anilines is 1. The van der Waals surface area contributed by atoms with Crippen LogP contribution in [0.5, 0.6) is 5.75 Å². The Morgan fingerprint density at radius 3 is 2.44 bits per heavy atom. The summed E-state index contributed by atoms with van der Waals surface area (Å²) in [5, 5.41) is 12.2. The molecule has 2 heterocycles. The number of aromatic amines is 1. The van der Waals surface area contributed by atoms with Crippen molar-refractivity contribution in [2.75, 3.05) is 12.0 Å². The van der Waals surface area contributed by atoms with Crippen molar-refractivity contribution in [1.82, 2.24) is 4.98 Å². The zero-order chi connectivity index (χ0) is 24.0. The maximum Gasteiger partial charge on any atom is 0.300 e. The number of benzene rings is 3. The van der Waals surface area contributed by atoms with Crippen LogP contribution in [0.2, 0.25) is 0 Å². The first-order chi connectivity index (χ1) is 16.4. The van der Waals surface area contributed by atoms with Crippen molar-refractivity contribution >= 4 is 34.0 Å². The number of methoxy groups -OCH3 is 1. The molecule has 0 aliphatic carbocycles. The number of para-hydroxylation sites is 1. The standard InChI is InChI=1S/C28H24N2O4/c1-16-7-6-10-23(17(16)2)30-25(18-11-13-19(34-3)14-12-18)24(27(32)28(30)33)26(31)21-15-29-22-9-5-4-8-20(21)22/h4-15,25,29,31H,1-3H3/b26-24-. The summed E-state index contributed by atoms with van der Waals surface area (Å²) in [7, 11) is 1.58. The summed E-state index contributed by atoms with van der Waals surface area (Å²) in [5.41, 5.74) is 4.60. The number of carbonyl (C=O) groups excluding carboxylic acids is 2. The molecule has 1 fully saturated rings. The van der Waals surface area contributed by atoms with Crippen LogP contribution < -0.4 is 9.64 Å². The maximum atomic E-state index is 13.4. The van der Waals surface area contributed by atoms with E-state index in [-0.39, 0.29) is 11.3 Å². The molecule has 1 unspecified atom stereocenters. The number of carbonyl (C=O) groups is 2. The molecule has 1 aliphatic heterocycles. The number of H-pyrrole nitrogens is 1. The number of hydrogen-bond acceptors (Lipinski definition) is 4. The second-order valence-electron chi connectivity index (χ2n) is 8.41. The van der Waals surface area contributed by atoms with Crippen LogP contribution in [-0.2, 0) is 9.59 Å². The number of Topliss-reactive ketones (excluding diaryl/α,β-unsaturated/α-hetero) is 1. The van der Waals surface area contributed by atoms with Crippen LogP contribution in [0.3, 0.4) is 0 Å². The van der Waals surface area contributed by atoms with Gasteiger partial charge in [-0.15, -0.1) is 0 Å². The fourth-order valence-corrected chi connectivity index (χ4v) is 4.59. The zero-order valence-electron chi connectivity index (χ0n) is 19.1. The van der Waals surface area contributed by atoms with Crippen LogP contribution in [0.25, 0.3) is 16.7 Å². The number of hydrogen-bond donors (Lipinski definition) is 2. The normalized spacial score (nSPS) is 17.5. The number of rotatable bonds is 4. The molecule has 1 atom stereocenters. The van der Waals surface area contributed by atoms with Gasteiger partial charge in [0, 0.05) is 28.4 Å². The van der Waals surface area contributed by atoms with E-state index in [0.717, 1.165) is 22.0 Å². The smallest absolute Gasteiger partial charge is 0.300 e. The Morgan fingerprint density at radius 2 is 1.71 bits per heavy atom. The monoisotopic (exact) mass is 452 g/mol. The van der Waals surface area contributed by atoms with Crippen molar-refractivity contribution in [3.05, 3.63) is 101 Å². The lowest BCUT2D eigenvalue weighted by Crippen LogP contribution is -2.30. The van der Waals surface area contributed by atoms with E-state index < -0.39 is 17.7 Å². The number of nitrogens with zero attached hydrogens (tertiary/aromatic N) is 1. The van der Waals surface area contributed by atoms with Gasteiger partial charge in [0.05, 0.1) is 18.7 Å². The van der Waals surface area contributed by atoms with E-state index in [4.69, 9.17) is 4.74 Å². The fraction of sp³-hybridized carbons (Fsp3) is 0.143. The van der Waals surface area contributed by atoms with Gasteiger partial charge in [-0.2, -0.15) is 0 Å². The van der Waals surface area contributed by atoms with E-state index in [1.54, 1.807) is 25.4 Å². The van der Waals surface area contributed by atoms with Crippen molar-refractivity contribution in [3.8, 4) is 5.75 Å². The van der Waals surface area contributed by atoms with Crippen molar-refractivity contribution in [1.29, 1.82) is 0 Å². The van der Waals surface area contributed by atoms with Gasteiger partial charge in [-0.3, -0.25) is 14.5 Å². The van der Waals surface area contributed by atoms with Gasteiger partial charge in [0.15, 0.2) is 0 Å². The molecule has 1 aromatic heterocycles. The van der Waals surface area contributed by atoms with E-state index in [0.29, 0.717) is 22.6 Å². The number of aliphatic hydroxyl groups excluding tert-OH is 1. The van der Waals surface area contributed by atoms with Gasteiger partial charge in [0.1, 0.15) is 11.5 Å². The van der Waals surface area contributed by atoms with Gasteiger partial charge in [-0.1, -0.05) is 42.5 Å². The zero-order valence-corrected chi connectivity index (χ0v) is 19.1. The van der Waals surface area contributed by atoms with Crippen LogP contribution in [0.15, 0.2) is 78.5 Å². The van der Waals surface area contributed by atoms with Crippen LogP contribution in [0, 0.1) is 13.8 Å².